The summed E-state index contributed by atoms with van der Waals surface area (Å²) in [5, 5.41) is 0. The van der Waals surface area contributed by atoms with Gasteiger partial charge in [-0.05, 0) is 34.1 Å². The molecule has 0 unspecified atom stereocenters. The van der Waals surface area contributed by atoms with Gasteiger partial charge < -0.3 is 0 Å². The average molecular weight is 332 g/mol. The Labute approximate surface area is 111 Å². The minimum atomic E-state index is -3.82. The minimum Gasteiger partial charge on any atom is -0.263 e. The lowest BCUT2D eigenvalue weighted by Crippen LogP contribution is -2.14. The minimum absolute atomic E-state index is 0.0389. The Balaban J connectivity index is 2.33. The lowest BCUT2D eigenvalue weighted by molar-refractivity contribution is 0.584. The van der Waals surface area contributed by atoms with Crippen LogP contribution in [0.1, 0.15) is 0 Å². The summed E-state index contributed by atoms with van der Waals surface area (Å²) in [6, 6.07) is 5.22. The molecule has 0 fully saturated rings. The van der Waals surface area contributed by atoms with E-state index in [0.29, 0.717) is 4.47 Å². The van der Waals surface area contributed by atoms with E-state index in [0.717, 1.165) is 6.07 Å². The molecule has 0 aliphatic carbocycles. The van der Waals surface area contributed by atoms with Crippen LogP contribution < -0.4 is 4.72 Å². The van der Waals surface area contributed by atoms with Crippen molar-refractivity contribution in [2.45, 2.75) is 4.90 Å². The van der Waals surface area contributed by atoms with Crippen LogP contribution in [0.4, 0.5) is 10.2 Å². The first-order valence-electron chi connectivity index (χ1n) is 4.73. The highest BCUT2D eigenvalue weighted by Crippen LogP contribution is 2.17. The molecule has 2 aromatic rings. The predicted molar refractivity (Wildman–Crippen MR) is 66.9 cm³/mol. The van der Waals surface area contributed by atoms with Gasteiger partial charge in [0.1, 0.15) is 10.7 Å². The number of anilines is 1. The van der Waals surface area contributed by atoms with Gasteiger partial charge in [0.2, 0.25) is 5.95 Å². The Hall–Kier alpha value is -1.54. The molecule has 0 aromatic carbocycles. The molecule has 0 saturated heterocycles. The zero-order chi connectivity index (χ0) is 13.2. The van der Waals surface area contributed by atoms with Crippen LogP contribution in [0, 0.1) is 5.95 Å². The van der Waals surface area contributed by atoms with Crippen LogP contribution in [0.2, 0.25) is 0 Å². The van der Waals surface area contributed by atoms with Crippen molar-refractivity contribution in [3.63, 3.8) is 0 Å². The summed E-state index contributed by atoms with van der Waals surface area (Å²) in [6.45, 7) is 0. The summed E-state index contributed by atoms with van der Waals surface area (Å²) in [6.07, 6.45) is 2.64. The number of nitrogens with zero attached hydrogens (tertiary/aromatic N) is 2. The number of nitrogens with one attached hydrogen (secondary N) is 1. The van der Waals surface area contributed by atoms with Crippen molar-refractivity contribution in [2.75, 3.05) is 4.72 Å². The van der Waals surface area contributed by atoms with E-state index < -0.39 is 16.0 Å². The molecular weight excluding hydrogens is 325 g/mol. The quantitative estimate of drug-likeness (QED) is 0.875. The normalized spacial score (nSPS) is 11.2. The molecule has 1 N–H and O–H groups in total. The number of aromatic nitrogens is 2. The maximum atomic E-state index is 12.8. The third kappa shape index (κ3) is 3.02. The van der Waals surface area contributed by atoms with E-state index in [1.807, 2.05) is 0 Å². The van der Waals surface area contributed by atoms with E-state index in [1.54, 1.807) is 0 Å². The second kappa shape index (κ2) is 4.99. The van der Waals surface area contributed by atoms with Gasteiger partial charge in [0, 0.05) is 16.9 Å². The van der Waals surface area contributed by atoms with E-state index in [1.165, 1.54) is 30.6 Å². The van der Waals surface area contributed by atoms with Crippen molar-refractivity contribution in [3.05, 3.63) is 47.1 Å². The zero-order valence-electron chi connectivity index (χ0n) is 8.84. The van der Waals surface area contributed by atoms with Crippen LogP contribution in [-0.4, -0.2) is 18.4 Å². The highest BCUT2D eigenvalue weighted by molar-refractivity contribution is 9.10. The Morgan fingerprint density at radius 1 is 1.28 bits per heavy atom. The second-order valence-electron chi connectivity index (χ2n) is 3.29. The van der Waals surface area contributed by atoms with E-state index in [9.17, 15) is 12.8 Å². The number of halogens is 2. The van der Waals surface area contributed by atoms with Crippen LogP contribution >= 0.6 is 15.9 Å². The maximum absolute atomic E-state index is 12.8. The lowest BCUT2D eigenvalue weighted by Gasteiger charge is -2.06. The average Bonchev–Trinajstić information content (AvgIpc) is 2.28. The molecule has 18 heavy (non-hydrogen) atoms. The lowest BCUT2D eigenvalue weighted by atomic mass is 10.5. The van der Waals surface area contributed by atoms with Crippen LogP contribution in [0.25, 0.3) is 0 Å². The Morgan fingerprint density at radius 2 is 2.06 bits per heavy atom. The molecule has 0 amide bonds. The van der Waals surface area contributed by atoms with Gasteiger partial charge >= 0.3 is 0 Å². The molecule has 0 radical (unpaired) electrons. The van der Waals surface area contributed by atoms with E-state index in [4.69, 9.17) is 0 Å². The van der Waals surface area contributed by atoms with E-state index in [-0.39, 0.29) is 10.7 Å². The highest BCUT2D eigenvalue weighted by Gasteiger charge is 2.15. The predicted octanol–water partition coefficient (Wildman–Crippen LogP) is 2.18. The standard InChI is InChI=1S/C10H7BrFN3O2S/c11-7-4-8(6-13-5-7)18(16,17)15-10-3-1-2-9(12)14-10/h1-6H,(H,14,15). The fraction of sp³-hybridized carbons (Fsp3) is 0. The molecule has 0 saturated carbocycles. The van der Waals surface area contributed by atoms with Crippen LogP contribution in [-0.2, 0) is 10.0 Å². The molecule has 0 aliphatic heterocycles. The van der Waals surface area contributed by atoms with Gasteiger partial charge in [-0.1, -0.05) is 6.07 Å². The number of hydrogen-bond acceptors (Lipinski definition) is 4. The van der Waals surface area contributed by atoms with Crippen LogP contribution in [0.3, 0.4) is 0 Å². The van der Waals surface area contributed by atoms with E-state index >= 15 is 0 Å². The number of rotatable bonds is 3. The maximum Gasteiger partial charge on any atom is 0.264 e. The fourth-order valence-corrected chi connectivity index (χ4v) is 2.71. The largest absolute Gasteiger partial charge is 0.264 e. The third-order valence-electron chi connectivity index (χ3n) is 1.94. The molecular formula is C10H7BrFN3O2S. The van der Waals surface area contributed by atoms with Gasteiger partial charge in [-0.25, -0.2) is 13.4 Å². The van der Waals surface area contributed by atoms with Gasteiger partial charge in [0.05, 0.1) is 0 Å². The Bertz CT molecular complexity index is 678. The third-order valence-corrected chi connectivity index (χ3v) is 3.70. The smallest absolute Gasteiger partial charge is 0.263 e. The molecule has 2 heterocycles. The SMILES string of the molecule is O=S(=O)(Nc1cccc(F)n1)c1cncc(Br)c1. The fourth-order valence-electron chi connectivity index (χ4n) is 1.20. The zero-order valence-corrected chi connectivity index (χ0v) is 11.2. The van der Waals surface area contributed by atoms with Crippen LogP contribution in [0.5, 0.6) is 0 Å². The molecule has 0 atom stereocenters. The van der Waals surface area contributed by atoms with Crippen molar-refractivity contribution in [2.24, 2.45) is 0 Å². The first kappa shape index (κ1) is 12.9. The van der Waals surface area contributed by atoms with Gasteiger partial charge in [-0.3, -0.25) is 9.71 Å². The van der Waals surface area contributed by atoms with Gasteiger partial charge in [-0.2, -0.15) is 4.39 Å². The summed E-state index contributed by atoms with van der Waals surface area (Å²) in [5.41, 5.74) is 0. The summed E-state index contributed by atoms with van der Waals surface area (Å²) in [4.78, 5) is 7.13. The first-order chi connectivity index (χ1) is 8.47. The first-order valence-corrected chi connectivity index (χ1v) is 7.01. The molecule has 2 aromatic heterocycles. The summed E-state index contributed by atoms with van der Waals surface area (Å²) in [5.74, 6) is -0.849. The number of hydrogen-bond donors (Lipinski definition) is 1. The Kier molecular flexibility index (Phi) is 3.58. The summed E-state index contributed by atoms with van der Waals surface area (Å²) < 4.78 is 39.4. The van der Waals surface area contributed by atoms with Crippen molar-refractivity contribution in [1.82, 2.24) is 9.97 Å². The second-order valence-corrected chi connectivity index (χ2v) is 5.89. The topological polar surface area (TPSA) is 72.0 Å². The molecule has 5 nitrogen and oxygen atoms in total. The van der Waals surface area contributed by atoms with Crippen molar-refractivity contribution in [1.29, 1.82) is 0 Å². The molecule has 0 bridgehead atoms. The molecule has 0 aliphatic rings. The monoisotopic (exact) mass is 331 g/mol. The van der Waals surface area contributed by atoms with Crippen molar-refractivity contribution in [3.8, 4) is 0 Å². The van der Waals surface area contributed by atoms with E-state index in [2.05, 4.69) is 30.6 Å². The molecule has 0 spiro atoms. The van der Waals surface area contributed by atoms with Crippen molar-refractivity contribution < 1.29 is 12.8 Å². The van der Waals surface area contributed by atoms with Crippen LogP contribution in [0.15, 0.2) is 46.0 Å². The number of sulfonamides is 1. The summed E-state index contributed by atoms with van der Waals surface area (Å²) >= 11 is 3.12. The highest BCUT2D eigenvalue weighted by atomic mass is 79.9. The van der Waals surface area contributed by atoms with Gasteiger partial charge in [0.15, 0.2) is 0 Å². The molecule has 2 rings (SSSR count). The molecule has 8 heteroatoms. The Morgan fingerprint density at radius 3 is 2.72 bits per heavy atom. The summed E-state index contributed by atoms with van der Waals surface area (Å²) in [7, 11) is -3.82. The number of pyridine rings is 2. The molecule has 94 valence electrons. The van der Waals surface area contributed by atoms with Crippen molar-refractivity contribution >= 4 is 31.8 Å². The van der Waals surface area contributed by atoms with Gasteiger partial charge in [-0.15, -0.1) is 0 Å². The van der Waals surface area contributed by atoms with Gasteiger partial charge in [0.25, 0.3) is 10.0 Å².